The normalized spacial score (nSPS) is 47.7. The molecule has 17 heavy (non-hydrogen) atoms. The molecule has 0 heterocycles. The van der Waals surface area contributed by atoms with Crippen LogP contribution in [0.3, 0.4) is 0 Å². The Bertz CT molecular complexity index is 336. The van der Waals surface area contributed by atoms with Crippen LogP contribution in [0.15, 0.2) is 0 Å². The van der Waals surface area contributed by atoms with Crippen LogP contribution < -0.4 is 10.6 Å². The summed E-state index contributed by atoms with van der Waals surface area (Å²) in [6.45, 7) is 2.02. The molecule has 2 N–H and O–H groups in total. The maximum atomic E-state index is 11.9. The lowest BCUT2D eigenvalue weighted by Gasteiger charge is -2.16. The van der Waals surface area contributed by atoms with Gasteiger partial charge in [-0.25, -0.2) is 0 Å². The molecule has 4 rings (SSSR count). The smallest absolute Gasteiger partial charge is 0.237 e. The average Bonchev–Trinajstić information content (AvgIpc) is 3.19. The predicted molar refractivity (Wildman–Crippen MR) is 65.4 cm³/mol. The minimum absolute atomic E-state index is 0.00519. The van der Waals surface area contributed by atoms with Crippen LogP contribution in [0.4, 0.5) is 0 Å². The van der Waals surface area contributed by atoms with Crippen molar-refractivity contribution in [3.05, 3.63) is 0 Å². The Morgan fingerprint density at radius 2 is 1.76 bits per heavy atom. The molecule has 0 radical (unpaired) electrons. The number of hydrogen-bond donors (Lipinski definition) is 2. The van der Waals surface area contributed by atoms with Crippen LogP contribution in [0.1, 0.15) is 39.0 Å². The fraction of sp³-hybridized carbons (Fsp3) is 0.929. The topological polar surface area (TPSA) is 41.1 Å². The van der Waals surface area contributed by atoms with E-state index < -0.39 is 0 Å². The highest BCUT2D eigenvalue weighted by Crippen LogP contribution is 2.65. The standard InChI is InChI=1S/C14H22N2O/c1-7(14(17)16-10-4-5-10)15-13-11-8-2-3-9(6-8)12(11)13/h7-13,15H,2-6H2,1H3,(H,16,17). The van der Waals surface area contributed by atoms with Crippen LogP contribution in [0.5, 0.6) is 0 Å². The number of hydrogen-bond acceptors (Lipinski definition) is 2. The number of nitrogens with one attached hydrogen (secondary N) is 2. The van der Waals surface area contributed by atoms with Gasteiger partial charge in [0.05, 0.1) is 6.04 Å². The zero-order valence-corrected chi connectivity index (χ0v) is 10.5. The van der Waals surface area contributed by atoms with Gasteiger partial charge < -0.3 is 10.6 Å². The molecule has 0 aromatic carbocycles. The van der Waals surface area contributed by atoms with Crippen LogP contribution in [-0.2, 0) is 4.79 Å². The molecule has 2 bridgehead atoms. The highest BCUT2D eigenvalue weighted by atomic mass is 16.2. The first kappa shape index (κ1) is 10.4. The molecule has 0 aromatic heterocycles. The van der Waals surface area contributed by atoms with Crippen LogP contribution in [0, 0.1) is 23.7 Å². The predicted octanol–water partition coefficient (Wildman–Crippen LogP) is 1.29. The molecule has 0 aliphatic heterocycles. The van der Waals surface area contributed by atoms with Crippen LogP contribution in [0.25, 0.3) is 0 Å². The van der Waals surface area contributed by atoms with E-state index >= 15 is 0 Å². The molecule has 5 unspecified atom stereocenters. The van der Waals surface area contributed by atoms with Gasteiger partial charge in [0.1, 0.15) is 0 Å². The van der Waals surface area contributed by atoms with E-state index in [1.54, 1.807) is 0 Å². The summed E-state index contributed by atoms with van der Waals surface area (Å²) in [5.41, 5.74) is 0. The molecule has 5 atom stereocenters. The van der Waals surface area contributed by atoms with E-state index in [-0.39, 0.29) is 11.9 Å². The SMILES string of the molecule is CC(NC1C2C3CCC(C3)C12)C(=O)NC1CC1. The number of carbonyl (C=O) groups excluding carboxylic acids is 1. The van der Waals surface area contributed by atoms with Crippen molar-refractivity contribution < 1.29 is 4.79 Å². The summed E-state index contributed by atoms with van der Waals surface area (Å²) >= 11 is 0. The van der Waals surface area contributed by atoms with E-state index in [0.29, 0.717) is 12.1 Å². The molecule has 4 aliphatic carbocycles. The Morgan fingerprint density at radius 3 is 2.35 bits per heavy atom. The highest BCUT2D eigenvalue weighted by molar-refractivity contribution is 5.82. The van der Waals surface area contributed by atoms with Gasteiger partial charge in [-0.15, -0.1) is 0 Å². The number of fused-ring (bicyclic) bond motifs is 5. The van der Waals surface area contributed by atoms with Crippen molar-refractivity contribution in [3.8, 4) is 0 Å². The number of amides is 1. The average molecular weight is 234 g/mol. The molecule has 4 fully saturated rings. The lowest BCUT2D eigenvalue weighted by Crippen LogP contribution is -2.45. The van der Waals surface area contributed by atoms with Crippen LogP contribution in [0.2, 0.25) is 0 Å². The Morgan fingerprint density at radius 1 is 1.12 bits per heavy atom. The second-order valence-corrected chi connectivity index (χ2v) is 6.68. The molecule has 4 saturated carbocycles. The first-order chi connectivity index (χ1) is 8.24. The number of carbonyl (C=O) groups is 1. The third-order valence-corrected chi connectivity index (χ3v) is 5.49. The van der Waals surface area contributed by atoms with E-state index in [1.165, 1.54) is 32.1 Å². The Balaban J connectivity index is 1.32. The third-order valence-electron chi connectivity index (χ3n) is 5.49. The van der Waals surface area contributed by atoms with Crippen molar-refractivity contribution in [1.82, 2.24) is 10.6 Å². The Labute approximate surface area is 103 Å². The van der Waals surface area contributed by atoms with Crippen molar-refractivity contribution in [2.45, 2.75) is 57.2 Å². The highest BCUT2D eigenvalue weighted by Gasteiger charge is 2.65. The van der Waals surface area contributed by atoms with Gasteiger partial charge in [-0.3, -0.25) is 4.79 Å². The Hall–Kier alpha value is -0.570. The molecule has 4 aliphatic rings. The van der Waals surface area contributed by atoms with Gasteiger partial charge in [-0.2, -0.15) is 0 Å². The molecule has 3 nitrogen and oxygen atoms in total. The summed E-state index contributed by atoms with van der Waals surface area (Å²) in [5.74, 6) is 4.03. The van der Waals surface area contributed by atoms with E-state index in [4.69, 9.17) is 0 Å². The maximum Gasteiger partial charge on any atom is 0.237 e. The molecule has 0 aromatic rings. The van der Waals surface area contributed by atoms with Gasteiger partial charge in [0.2, 0.25) is 5.91 Å². The van der Waals surface area contributed by atoms with Crippen LogP contribution >= 0.6 is 0 Å². The van der Waals surface area contributed by atoms with Crippen molar-refractivity contribution in [3.63, 3.8) is 0 Å². The van der Waals surface area contributed by atoms with Crippen LogP contribution in [-0.4, -0.2) is 24.0 Å². The van der Waals surface area contributed by atoms with Gasteiger partial charge in [0.15, 0.2) is 0 Å². The third kappa shape index (κ3) is 1.62. The maximum absolute atomic E-state index is 11.9. The molecular formula is C14H22N2O. The molecule has 0 spiro atoms. The summed E-state index contributed by atoms with van der Waals surface area (Å²) in [7, 11) is 0. The molecule has 3 heteroatoms. The Kier molecular flexibility index (Phi) is 2.11. The lowest BCUT2D eigenvalue weighted by molar-refractivity contribution is -0.123. The van der Waals surface area contributed by atoms with Crippen molar-refractivity contribution in [1.29, 1.82) is 0 Å². The summed E-state index contributed by atoms with van der Waals surface area (Å²) in [5, 5.41) is 6.67. The first-order valence-corrected chi connectivity index (χ1v) is 7.30. The quantitative estimate of drug-likeness (QED) is 0.769. The summed E-state index contributed by atoms with van der Waals surface area (Å²) < 4.78 is 0. The lowest BCUT2D eigenvalue weighted by atomic mass is 10.0. The van der Waals surface area contributed by atoms with Gasteiger partial charge in [-0.1, -0.05) is 0 Å². The summed E-state index contributed by atoms with van der Waals surface area (Å²) in [6, 6.07) is 1.16. The van der Waals surface area contributed by atoms with Gasteiger partial charge in [0, 0.05) is 12.1 Å². The van der Waals surface area contributed by atoms with E-state index in [9.17, 15) is 4.79 Å². The molecule has 94 valence electrons. The fourth-order valence-corrected chi connectivity index (χ4v) is 4.47. The second kappa shape index (κ2) is 3.47. The minimum Gasteiger partial charge on any atom is -0.352 e. The molecular weight excluding hydrogens is 212 g/mol. The zero-order chi connectivity index (χ0) is 11.6. The zero-order valence-electron chi connectivity index (χ0n) is 10.5. The number of rotatable bonds is 4. The van der Waals surface area contributed by atoms with Crippen molar-refractivity contribution in [2.75, 3.05) is 0 Å². The summed E-state index contributed by atoms with van der Waals surface area (Å²) in [6.07, 6.45) is 6.74. The van der Waals surface area contributed by atoms with Crippen molar-refractivity contribution in [2.24, 2.45) is 23.7 Å². The van der Waals surface area contributed by atoms with E-state index in [2.05, 4.69) is 10.6 Å². The minimum atomic E-state index is 0.00519. The molecule has 0 saturated heterocycles. The largest absolute Gasteiger partial charge is 0.352 e. The van der Waals surface area contributed by atoms with Crippen molar-refractivity contribution >= 4 is 5.91 Å². The van der Waals surface area contributed by atoms with Gasteiger partial charge in [0.25, 0.3) is 0 Å². The second-order valence-electron chi connectivity index (χ2n) is 6.68. The van der Waals surface area contributed by atoms with Gasteiger partial charge >= 0.3 is 0 Å². The monoisotopic (exact) mass is 234 g/mol. The van der Waals surface area contributed by atoms with Gasteiger partial charge in [-0.05, 0) is 62.7 Å². The van der Waals surface area contributed by atoms with E-state index in [0.717, 1.165) is 23.7 Å². The fourth-order valence-electron chi connectivity index (χ4n) is 4.47. The summed E-state index contributed by atoms with van der Waals surface area (Å²) in [4.78, 5) is 11.9. The molecule has 1 amide bonds. The van der Waals surface area contributed by atoms with E-state index in [1.807, 2.05) is 6.92 Å². The first-order valence-electron chi connectivity index (χ1n) is 7.30.